The molecule has 1 fully saturated rings. The van der Waals surface area contributed by atoms with Crippen molar-refractivity contribution in [3.05, 3.63) is 76.6 Å². The van der Waals surface area contributed by atoms with Gasteiger partial charge in [-0.3, -0.25) is 9.59 Å². The van der Waals surface area contributed by atoms with Crippen LogP contribution in [0, 0.1) is 12.7 Å². The van der Waals surface area contributed by atoms with Gasteiger partial charge in [-0.1, -0.05) is 48.0 Å². The Hall–Kier alpha value is -2.99. The lowest BCUT2D eigenvalue weighted by atomic mass is 9.94. The standard InChI is InChI=1S/C23H25FN2O3/c1-15-9-11-16(12-10-15)21(27)19-20(17-7-4-5-8-18(17)24)26(23(29)22(19)28)14-6-13-25(2)3/h4-5,7-12,20,27H,6,13-14H2,1-3H3/t20-/m1/s1. The van der Waals surface area contributed by atoms with Crippen LogP contribution in [0.2, 0.25) is 0 Å². The number of aryl methyl sites for hydroxylation is 1. The monoisotopic (exact) mass is 396 g/mol. The van der Waals surface area contributed by atoms with Crippen molar-refractivity contribution in [2.24, 2.45) is 0 Å². The number of carbonyl (C=O) groups is 2. The average molecular weight is 396 g/mol. The van der Waals surface area contributed by atoms with Gasteiger partial charge in [-0.15, -0.1) is 0 Å². The maximum Gasteiger partial charge on any atom is 0.295 e. The maximum absolute atomic E-state index is 14.6. The van der Waals surface area contributed by atoms with E-state index in [0.29, 0.717) is 18.5 Å². The summed E-state index contributed by atoms with van der Waals surface area (Å²) in [6.07, 6.45) is 0.621. The Labute approximate surface area is 170 Å². The van der Waals surface area contributed by atoms with Gasteiger partial charge in [0.15, 0.2) is 0 Å². The van der Waals surface area contributed by atoms with E-state index in [1.807, 2.05) is 25.9 Å². The Morgan fingerprint density at radius 2 is 1.76 bits per heavy atom. The van der Waals surface area contributed by atoms with E-state index < -0.39 is 23.5 Å². The molecule has 152 valence electrons. The topological polar surface area (TPSA) is 60.9 Å². The van der Waals surface area contributed by atoms with Crippen molar-refractivity contribution in [3.63, 3.8) is 0 Å². The first-order valence-corrected chi connectivity index (χ1v) is 9.56. The van der Waals surface area contributed by atoms with E-state index in [0.717, 1.165) is 5.56 Å². The first kappa shape index (κ1) is 20.7. The van der Waals surface area contributed by atoms with Crippen LogP contribution in [-0.4, -0.2) is 53.8 Å². The molecule has 2 aromatic carbocycles. The first-order chi connectivity index (χ1) is 13.8. The van der Waals surface area contributed by atoms with E-state index in [2.05, 4.69) is 0 Å². The zero-order chi connectivity index (χ0) is 21.1. The maximum atomic E-state index is 14.6. The van der Waals surface area contributed by atoms with Crippen molar-refractivity contribution >= 4 is 17.4 Å². The number of nitrogens with zero attached hydrogens (tertiary/aromatic N) is 2. The zero-order valence-electron chi connectivity index (χ0n) is 16.9. The Morgan fingerprint density at radius 3 is 2.38 bits per heavy atom. The summed E-state index contributed by atoms with van der Waals surface area (Å²) in [5, 5.41) is 10.9. The number of amides is 1. The van der Waals surface area contributed by atoms with E-state index in [4.69, 9.17) is 0 Å². The predicted octanol–water partition coefficient (Wildman–Crippen LogP) is 3.51. The Bertz CT molecular complexity index is 951. The number of carbonyl (C=O) groups excluding carboxylic acids is 2. The Kier molecular flexibility index (Phi) is 6.13. The molecule has 0 spiro atoms. The highest BCUT2D eigenvalue weighted by atomic mass is 19.1. The number of hydrogen-bond donors (Lipinski definition) is 1. The van der Waals surface area contributed by atoms with Gasteiger partial charge in [-0.2, -0.15) is 0 Å². The van der Waals surface area contributed by atoms with Gasteiger partial charge < -0.3 is 14.9 Å². The summed E-state index contributed by atoms with van der Waals surface area (Å²) >= 11 is 0. The number of ketones is 1. The first-order valence-electron chi connectivity index (χ1n) is 9.56. The Balaban J connectivity index is 2.11. The number of aliphatic hydroxyl groups excluding tert-OH is 1. The van der Waals surface area contributed by atoms with Gasteiger partial charge in [0.05, 0.1) is 11.6 Å². The minimum Gasteiger partial charge on any atom is -0.507 e. The molecule has 0 aromatic heterocycles. The lowest BCUT2D eigenvalue weighted by Crippen LogP contribution is -2.32. The van der Waals surface area contributed by atoms with E-state index in [1.165, 1.54) is 11.0 Å². The van der Waals surface area contributed by atoms with E-state index in [-0.39, 0.29) is 23.4 Å². The highest BCUT2D eigenvalue weighted by Gasteiger charge is 2.46. The van der Waals surface area contributed by atoms with E-state index >= 15 is 0 Å². The summed E-state index contributed by atoms with van der Waals surface area (Å²) in [5.41, 5.74) is 1.54. The molecular weight excluding hydrogens is 371 g/mol. The fourth-order valence-electron chi connectivity index (χ4n) is 3.56. The van der Waals surface area contributed by atoms with Crippen molar-refractivity contribution in [1.82, 2.24) is 9.80 Å². The molecule has 1 atom stereocenters. The van der Waals surface area contributed by atoms with Crippen LogP contribution >= 0.6 is 0 Å². The largest absolute Gasteiger partial charge is 0.507 e. The zero-order valence-corrected chi connectivity index (χ0v) is 16.9. The van der Waals surface area contributed by atoms with Gasteiger partial charge >= 0.3 is 0 Å². The molecule has 5 nitrogen and oxygen atoms in total. The van der Waals surface area contributed by atoms with Crippen molar-refractivity contribution in [2.45, 2.75) is 19.4 Å². The molecular formula is C23H25FN2O3. The van der Waals surface area contributed by atoms with Gasteiger partial charge in [0.25, 0.3) is 11.7 Å². The van der Waals surface area contributed by atoms with Crippen LogP contribution in [0.4, 0.5) is 4.39 Å². The molecule has 0 unspecified atom stereocenters. The number of likely N-dealkylation sites (tertiary alicyclic amines) is 1. The number of Topliss-reactive ketones (excluding diaryl/α,β-unsaturated/α-hetero) is 1. The number of hydrogen-bond acceptors (Lipinski definition) is 4. The molecule has 1 aliphatic heterocycles. The van der Waals surface area contributed by atoms with Gasteiger partial charge in [0.1, 0.15) is 11.6 Å². The van der Waals surface area contributed by atoms with Crippen LogP contribution in [0.25, 0.3) is 5.76 Å². The Morgan fingerprint density at radius 1 is 1.10 bits per heavy atom. The van der Waals surface area contributed by atoms with Crippen molar-refractivity contribution < 1.29 is 19.1 Å². The van der Waals surface area contributed by atoms with Gasteiger partial charge in [0, 0.05) is 17.7 Å². The lowest BCUT2D eigenvalue weighted by molar-refractivity contribution is -0.140. The molecule has 0 aliphatic carbocycles. The van der Waals surface area contributed by atoms with Gasteiger partial charge in [-0.25, -0.2) is 4.39 Å². The second kappa shape index (κ2) is 8.57. The minimum atomic E-state index is -0.959. The van der Waals surface area contributed by atoms with Gasteiger partial charge in [0.2, 0.25) is 0 Å². The molecule has 1 N–H and O–H groups in total. The molecule has 29 heavy (non-hydrogen) atoms. The number of rotatable bonds is 6. The summed E-state index contributed by atoms with van der Waals surface area (Å²) < 4.78 is 14.6. The SMILES string of the molecule is Cc1ccc(C(O)=C2C(=O)C(=O)N(CCCN(C)C)[C@@H]2c2ccccc2F)cc1. The summed E-state index contributed by atoms with van der Waals surface area (Å²) in [5.74, 6) is -2.31. The van der Waals surface area contributed by atoms with Crippen LogP contribution in [0.1, 0.15) is 29.2 Å². The van der Waals surface area contributed by atoms with Gasteiger partial charge in [-0.05, 0) is 40.1 Å². The minimum absolute atomic E-state index is 0.0752. The third-order valence-corrected chi connectivity index (χ3v) is 5.07. The van der Waals surface area contributed by atoms with Crippen LogP contribution in [0.3, 0.4) is 0 Å². The third-order valence-electron chi connectivity index (χ3n) is 5.07. The number of halogens is 1. The highest BCUT2D eigenvalue weighted by Crippen LogP contribution is 2.40. The summed E-state index contributed by atoms with van der Waals surface area (Å²) in [4.78, 5) is 29.0. The highest BCUT2D eigenvalue weighted by molar-refractivity contribution is 6.46. The number of benzene rings is 2. The second-order valence-electron chi connectivity index (χ2n) is 7.54. The molecule has 0 saturated carbocycles. The normalized spacial score (nSPS) is 18.7. The molecule has 1 amide bonds. The molecule has 0 radical (unpaired) electrons. The van der Waals surface area contributed by atoms with E-state index in [9.17, 15) is 19.1 Å². The predicted molar refractivity (Wildman–Crippen MR) is 110 cm³/mol. The molecule has 6 heteroatoms. The molecule has 1 aliphatic rings. The summed E-state index contributed by atoms with van der Waals surface area (Å²) in [6, 6.07) is 12.1. The fourth-order valence-corrected chi connectivity index (χ4v) is 3.56. The number of aliphatic hydroxyl groups is 1. The summed E-state index contributed by atoms with van der Waals surface area (Å²) in [6.45, 7) is 2.91. The second-order valence-corrected chi connectivity index (χ2v) is 7.54. The van der Waals surface area contributed by atoms with Crippen molar-refractivity contribution in [1.29, 1.82) is 0 Å². The quantitative estimate of drug-likeness (QED) is 0.461. The van der Waals surface area contributed by atoms with Crippen molar-refractivity contribution in [2.75, 3.05) is 27.2 Å². The van der Waals surface area contributed by atoms with Crippen LogP contribution in [0.15, 0.2) is 54.1 Å². The van der Waals surface area contributed by atoms with Crippen molar-refractivity contribution in [3.8, 4) is 0 Å². The van der Waals surface area contributed by atoms with Crippen LogP contribution in [0.5, 0.6) is 0 Å². The van der Waals surface area contributed by atoms with E-state index in [1.54, 1.807) is 42.5 Å². The molecule has 1 saturated heterocycles. The molecule has 0 bridgehead atoms. The average Bonchev–Trinajstić information content (AvgIpc) is 2.93. The smallest absolute Gasteiger partial charge is 0.295 e. The van der Waals surface area contributed by atoms with Crippen LogP contribution in [-0.2, 0) is 9.59 Å². The molecule has 3 rings (SSSR count). The fraction of sp³-hybridized carbons (Fsp3) is 0.304. The summed E-state index contributed by atoms with van der Waals surface area (Å²) in [7, 11) is 3.83. The molecule has 1 heterocycles. The molecule has 2 aromatic rings. The van der Waals surface area contributed by atoms with Crippen LogP contribution < -0.4 is 0 Å². The lowest BCUT2D eigenvalue weighted by Gasteiger charge is -2.26. The third kappa shape index (κ3) is 4.22.